The van der Waals surface area contributed by atoms with Gasteiger partial charge in [0.15, 0.2) is 0 Å². The second-order valence-corrected chi connectivity index (χ2v) is 4.71. The van der Waals surface area contributed by atoms with Crippen molar-refractivity contribution in [3.8, 4) is 0 Å². The fraction of sp³-hybridized carbons (Fsp3) is 0.385. The van der Waals surface area contributed by atoms with E-state index in [1.165, 1.54) is 6.07 Å². The van der Waals surface area contributed by atoms with Gasteiger partial charge in [-0.15, -0.1) is 0 Å². The number of benzene rings is 1. The van der Waals surface area contributed by atoms with Crippen LogP contribution in [0.4, 0.5) is 13.2 Å². The van der Waals surface area contributed by atoms with Gasteiger partial charge in [-0.2, -0.15) is 13.2 Å². The summed E-state index contributed by atoms with van der Waals surface area (Å²) in [7, 11) is 0. The normalized spacial score (nSPS) is 19.4. The van der Waals surface area contributed by atoms with Crippen molar-refractivity contribution >= 4 is 10.9 Å². The first-order valence-corrected chi connectivity index (χ1v) is 5.92. The largest absolute Gasteiger partial charge is 0.416 e. The number of aryl methyl sites for hydroxylation is 1. The zero-order chi connectivity index (χ0) is 12.9. The molecule has 3 rings (SSSR count). The van der Waals surface area contributed by atoms with E-state index in [0.29, 0.717) is 11.9 Å². The molecule has 0 bridgehead atoms. The molecule has 2 aromatic rings. The highest BCUT2D eigenvalue weighted by molar-refractivity contribution is 5.82. The summed E-state index contributed by atoms with van der Waals surface area (Å²) >= 11 is 0. The van der Waals surface area contributed by atoms with E-state index >= 15 is 0 Å². The Hall–Kier alpha value is -1.49. The highest BCUT2D eigenvalue weighted by Crippen LogP contribution is 2.36. The van der Waals surface area contributed by atoms with Crippen LogP contribution in [0.1, 0.15) is 23.7 Å². The standard InChI is InChI=1S/C13H13F3N2/c14-13(15,16)9-1-4-12-8(5-9)6-10-2-3-11(7-17)18(10)12/h1,4-6,11H,2-3,7,17H2. The fourth-order valence-electron chi connectivity index (χ4n) is 2.76. The second kappa shape index (κ2) is 3.75. The van der Waals surface area contributed by atoms with E-state index in [4.69, 9.17) is 5.73 Å². The minimum absolute atomic E-state index is 0.217. The van der Waals surface area contributed by atoms with Gasteiger partial charge in [0.1, 0.15) is 0 Å². The van der Waals surface area contributed by atoms with Gasteiger partial charge in [0, 0.05) is 29.2 Å². The number of hydrogen-bond acceptors (Lipinski definition) is 1. The van der Waals surface area contributed by atoms with Crippen LogP contribution in [0.2, 0.25) is 0 Å². The Kier molecular flexibility index (Phi) is 2.41. The molecule has 0 fully saturated rings. The Bertz CT molecular complexity index is 598. The van der Waals surface area contributed by atoms with Gasteiger partial charge in [0.2, 0.25) is 0 Å². The molecule has 2 nitrogen and oxygen atoms in total. The molecule has 1 atom stereocenters. The Morgan fingerprint density at radius 2 is 2.06 bits per heavy atom. The van der Waals surface area contributed by atoms with Gasteiger partial charge in [-0.3, -0.25) is 0 Å². The van der Waals surface area contributed by atoms with E-state index in [1.54, 1.807) is 6.07 Å². The molecule has 2 heterocycles. The number of alkyl halides is 3. The van der Waals surface area contributed by atoms with E-state index in [9.17, 15) is 13.2 Å². The first-order valence-electron chi connectivity index (χ1n) is 5.92. The smallest absolute Gasteiger partial charge is 0.340 e. The quantitative estimate of drug-likeness (QED) is 0.832. The molecule has 0 amide bonds. The molecule has 1 unspecified atom stereocenters. The van der Waals surface area contributed by atoms with Crippen molar-refractivity contribution in [2.45, 2.75) is 25.1 Å². The zero-order valence-electron chi connectivity index (χ0n) is 9.67. The van der Waals surface area contributed by atoms with Gasteiger partial charge in [-0.05, 0) is 37.1 Å². The minimum atomic E-state index is -4.28. The third-order valence-electron chi connectivity index (χ3n) is 3.62. The molecule has 0 aliphatic carbocycles. The van der Waals surface area contributed by atoms with Crippen LogP contribution in [-0.2, 0) is 12.6 Å². The molecule has 5 heteroatoms. The molecule has 0 radical (unpaired) electrons. The zero-order valence-corrected chi connectivity index (χ0v) is 9.67. The highest BCUT2D eigenvalue weighted by Gasteiger charge is 2.31. The molecule has 2 N–H and O–H groups in total. The van der Waals surface area contributed by atoms with E-state index in [-0.39, 0.29) is 6.04 Å². The monoisotopic (exact) mass is 254 g/mol. The number of aromatic nitrogens is 1. The maximum Gasteiger partial charge on any atom is 0.416 e. The second-order valence-electron chi connectivity index (χ2n) is 4.71. The summed E-state index contributed by atoms with van der Waals surface area (Å²) in [5.74, 6) is 0. The molecular weight excluding hydrogens is 241 g/mol. The minimum Gasteiger partial charge on any atom is -0.340 e. The molecule has 0 spiro atoms. The van der Waals surface area contributed by atoms with Crippen LogP contribution in [-0.4, -0.2) is 11.1 Å². The average molecular weight is 254 g/mol. The van der Waals surface area contributed by atoms with Crippen LogP contribution in [0.5, 0.6) is 0 Å². The number of fused-ring (bicyclic) bond motifs is 3. The molecule has 18 heavy (non-hydrogen) atoms. The van der Waals surface area contributed by atoms with Crippen LogP contribution in [0.3, 0.4) is 0 Å². The lowest BCUT2D eigenvalue weighted by Crippen LogP contribution is -2.15. The number of nitrogens with two attached hydrogens (primary N) is 1. The van der Waals surface area contributed by atoms with Crippen molar-refractivity contribution in [3.63, 3.8) is 0 Å². The summed E-state index contributed by atoms with van der Waals surface area (Å²) in [4.78, 5) is 0. The maximum absolute atomic E-state index is 12.6. The lowest BCUT2D eigenvalue weighted by atomic mass is 10.1. The average Bonchev–Trinajstić information content (AvgIpc) is 2.84. The third-order valence-corrected chi connectivity index (χ3v) is 3.62. The van der Waals surface area contributed by atoms with Gasteiger partial charge >= 0.3 is 6.18 Å². The van der Waals surface area contributed by atoms with Crippen LogP contribution in [0, 0.1) is 0 Å². The molecule has 1 aromatic heterocycles. The first kappa shape index (κ1) is 11.6. The van der Waals surface area contributed by atoms with Crippen LogP contribution in [0.25, 0.3) is 10.9 Å². The molecular formula is C13H13F3N2. The van der Waals surface area contributed by atoms with Crippen molar-refractivity contribution in [3.05, 3.63) is 35.5 Å². The predicted molar refractivity (Wildman–Crippen MR) is 63.4 cm³/mol. The maximum atomic E-state index is 12.6. The van der Waals surface area contributed by atoms with Crippen molar-refractivity contribution < 1.29 is 13.2 Å². The third kappa shape index (κ3) is 1.61. The number of rotatable bonds is 1. The topological polar surface area (TPSA) is 30.9 Å². The van der Waals surface area contributed by atoms with Crippen LogP contribution in [0.15, 0.2) is 24.3 Å². The fourth-order valence-corrected chi connectivity index (χ4v) is 2.76. The summed E-state index contributed by atoms with van der Waals surface area (Å²) in [6, 6.07) is 5.97. The van der Waals surface area contributed by atoms with Gasteiger partial charge in [0.05, 0.1) is 5.56 Å². The molecule has 1 aliphatic heterocycles. The SMILES string of the molecule is NCC1CCc2cc3cc(C(F)(F)F)ccc3n21. The van der Waals surface area contributed by atoms with Gasteiger partial charge in [0.25, 0.3) is 0 Å². The van der Waals surface area contributed by atoms with Crippen LogP contribution >= 0.6 is 0 Å². The highest BCUT2D eigenvalue weighted by atomic mass is 19.4. The number of nitrogens with zero attached hydrogens (tertiary/aromatic N) is 1. The number of halogens is 3. The van der Waals surface area contributed by atoms with Crippen LogP contribution < -0.4 is 5.73 Å². The van der Waals surface area contributed by atoms with Crippen molar-refractivity contribution in [2.75, 3.05) is 6.54 Å². The van der Waals surface area contributed by atoms with E-state index < -0.39 is 11.7 Å². The molecule has 0 saturated carbocycles. The molecule has 1 aliphatic rings. The summed E-state index contributed by atoms with van der Waals surface area (Å²) in [5.41, 5.74) is 7.04. The summed E-state index contributed by atoms with van der Waals surface area (Å²) in [6.07, 6.45) is -2.42. The molecule has 96 valence electrons. The first-order chi connectivity index (χ1) is 8.50. The van der Waals surface area contributed by atoms with Crippen molar-refractivity contribution in [1.29, 1.82) is 0 Å². The van der Waals surface area contributed by atoms with Crippen molar-refractivity contribution in [2.24, 2.45) is 5.73 Å². The summed E-state index contributed by atoms with van der Waals surface area (Å²) in [5, 5.41) is 0.651. The Labute approximate surface area is 102 Å². The molecule has 0 saturated heterocycles. The van der Waals surface area contributed by atoms with Gasteiger partial charge < -0.3 is 10.3 Å². The van der Waals surface area contributed by atoms with E-state index in [2.05, 4.69) is 4.57 Å². The Morgan fingerprint density at radius 3 is 2.72 bits per heavy atom. The molecule has 1 aromatic carbocycles. The van der Waals surface area contributed by atoms with Gasteiger partial charge in [-0.25, -0.2) is 0 Å². The summed E-state index contributed by atoms with van der Waals surface area (Å²) < 4.78 is 40.0. The predicted octanol–water partition coefficient (Wildman–Crippen LogP) is 3.11. The summed E-state index contributed by atoms with van der Waals surface area (Å²) in [6.45, 7) is 0.526. The van der Waals surface area contributed by atoms with E-state index in [1.807, 2.05) is 6.07 Å². The van der Waals surface area contributed by atoms with E-state index in [0.717, 1.165) is 30.1 Å². The number of hydrogen-bond donors (Lipinski definition) is 1. The lowest BCUT2D eigenvalue weighted by Gasteiger charge is -2.13. The van der Waals surface area contributed by atoms with Crippen molar-refractivity contribution in [1.82, 2.24) is 4.57 Å². The lowest BCUT2D eigenvalue weighted by molar-refractivity contribution is -0.137. The van der Waals surface area contributed by atoms with Gasteiger partial charge in [-0.1, -0.05) is 0 Å². The Balaban J connectivity index is 2.17. The Morgan fingerprint density at radius 1 is 1.28 bits per heavy atom.